The lowest BCUT2D eigenvalue weighted by Gasteiger charge is -2.35. The highest BCUT2D eigenvalue weighted by Crippen LogP contribution is 2.24. The van der Waals surface area contributed by atoms with Gasteiger partial charge < -0.3 is 15.0 Å². The van der Waals surface area contributed by atoms with E-state index in [0.717, 1.165) is 50.1 Å². The monoisotopic (exact) mass is 351 g/mol. The molecule has 1 aliphatic heterocycles. The standard InChI is InChI=1S/C19H30ClN3O/c1-5-24-17-10-12-23(13-11-17)18(21-4)22-14-19(2,3)15-6-8-16(20)9-7-15/h6-9,17H,5,10-14H2,1-4H3,(H,21,22). The molecule has 1 aromatic rings. The van der Waals surface area contributed by atoms with E-state index >= 15 is 0 Å². The molecule has 2 rings (SSSR count). The molecule has 0 unspecified atom stereocenters. The Morgan fingerprint density at radius 2 is 1.92 bits per heavy atom. The average molecular weight is 352 g/mol. The molecule has 1 fully saturated rings. The van der Waals surface area contributed by atoms with E-state index < -0.39 is 0 Å². The van der Waals surface area contributed by atoms with Gasteiger partial charge in [-0.2, -0.15) is 0 Å². The zero-order valence-corrected chi connectivity index (χ0v) is 16.1. The van der Waals surface area contributed by atoms with Gasteiger partial charge >= 0.3 is 0 Å². The minimum Gasteiger partial charge on any atom is -0.378 e. The number of piperidine rings is 1. The van der Waals surface area contributed by atoms with Gasteiger partial charge in [0.25, 0.3) is 0 Å². The van der Waals surface area contributed by atoms with Crippen LogP contribution in [-0.2, 0) is 10.2 Å². The zero-order chi connectivity index (χ0) is 17.6. The Kier molecular flexibility index (Phi) is 6.93. The van der Waals surface area contributed by atoms with Gasteiger partial charge in [0.1, 0.15) is 0 Å². The average Bonchev–Trinajstić information content (AvgIpc) is 2.57. The van der Waals surface area contributed by atoms with Crippen LogP contribution in [-0.4, -0.2) is 50.3 Å². The highest BCUT2D eigenvalue weighted by atomic mass is 35.5. The lowest BCUT2D eigenvalue weighted by atomic mass is 9.84. The summed E-state index contributed by atoms with van der Waals surface area (Å²) >= 11 is 6.00. The van der Waals surface area contributed by atoms with Gasteiger partial charge in [0.2, 0.25) is 0 Å². The second-order valence-corrected chi connectivity index (χ2v) is 7.37. The third kappa shape index (κ3) is 5.12. The number of halogens is 1. The first kappa shape index (κ1) is 19.1. The van der Waals surface area contributed by atoms with Crippen LogP contribution < -0.4 is 5.32 Å². The van der Waals surface area contributed by atoms with Crippen LogP contribution in [0, 0.1) is 0 Å². The van der Waals surface area contributed by atoms with Crippen molar-refractivity contribution in [3.63, 3.8) is 0 Å². The Balaban J connectivity index is 1.90. The Hall–Kier alpha value is -1.26. The number of ether oxygens (including phenoxy) is 1. The van der Waals surface area contributed by atoms with Crippen molar-refractivity contribution >= 4 is 17.6 Å². The summed E-state index contributed by atoms with van der Waals surface area (Å²) in [4.78, 5) is 6.79. The summed E-state index contributed by atoms with van der Waals surface area (Å²) in [6.07, 6.45) is 2.53. The fourth-order valence-corrected chi connectivity index (χ4v) is 3.23. The highest BCUT2D eigenvalue weighted by molar-refractivity contribution is 6.30. The minimum atomic E-state index is 0.00414. The summed E-state index contributed by atoms with van der Waals surface area (Å²) in [7, 11) is 1.85. The molecule has 0 bridgehead atoms. The first-order chi connectivity index (χ1) is 11.5. The molecule has 0 spiro atoms. The van der Waals surface area contributed by atoms with Crippen molar-refractivity contribution in [3.8, 4) is 0 Å². The Bertz CT molecular complexity index is 534. The van der Waals surface area contributed by atoms with Gasteiger partial charge in [0.15, 0.2) is 5.96 Å². The second-order valence-electron chi connectivity index (χ2n) is 6.93. The summed E-state index contributed by atoms with van der Waals surface area (Å²) in [5.74, 6) is 0.979. The summed E-state index contributed by atoms with van der Waals surface area (Å²) < 4.78 is 5.73. The first-order valence-electron chi connectivity index (χ1n) is 8.79. The van der Waals surface area contributed by atoms with E-state index in [2.05, 4.69) is 48.1 Å². The molecule has 0 saturated carbocycles. The number of likely N-dealkylation sites (tertiary alicyclic amines) is 1. The number of guanidine groups is 1. The van der Waals surface area contributed by atoms with Crippen molar-refractivity contribution in [1.29, 1.82) is 0 Å². The maximum absolute atomic E-state index is 6.00. The van der Waals surface area contributed by atoms with Gasteiger partial charge in [-0.1, -0.05) is 37.6 Å². The Morgan fingerprint density at radius 3 is 2.46 bits per heavy atom. The fourth-order valence-electron chi connectivity index (χ4n) is 3.11. The zero-order valence-electron chi connectivity index (χ0n) is 15.3. The van der Waals surface area contributed by atoms with Gasteiger partial charge in [0, 0.05) is 43.7 Å². The number of nitrogens with one attached hydrogen (secondary N) is 1. The number of rotatable bonds is 5. The van der Waals surface area contributed by atoms with E-state index in [1.807, 2.05) is 19.2 Å². The fraction of sp³-hybridized carbons (Fsp3) is 0.632. The molecule has 5 heteroatoms. The number of hydrogen-bond donors (Lipinski definition) is 1. The second kappa shape index (κ2) is 8.72. The molecule has 0 aliphatic carbocycles. The van der Waals surface area contributed by atoms with Crippen LogP contribution in [0.2, 0.25) is 5.02 Å². The van der Waals surface area contributed by atoms with Gasteiger partial charge in [-0.25, -0.2) is 0 Å². The molecule has 1 N–H and O–H groups in total. The minimum absolute atomic E-state index is 0.00414. The van der Waals surface area contributed by atoms with Gasteiger partial charge in [-0.05, 0) is 37.5 Å². The van der Waals surface area contributed by atoms with Crippen molar-refractivity contribution in [1.82, 2.24) is 10.2 Å². The van der Waals surface area contributed by atoms with Crippen molar-refractivity contribution < 1.29 is 4.74 Å². The maximum Gasteiger partial charge on any atom is 0.193 e. The van der Waals surface area contributed by atoms with E-state index in [4.69, 9.17) is 16.3 Å². The summed E-state index contributed by atoms with van der Waals surface area (Å²) in [6.45, 7) is 10.1. The molecule has 0 atom stereocenters. The van der Waals surface area contributed by atoms with Crippen LogP contribution >= 0.6 is 11.6 Å². The van der Waals surface area contributed by atoms with E-state index in [1.54, 1.807) is 0 Å². The maximum atomic E-state index is 6.00. The smallest absolute Gasteiger partial charge is 0.193 e. The van der Waals surface area contributed by atoms with Crippen LogP contribution in [0.15, 0.2) is 29.3 Å². The molecular formula is C19H30ClN3O. The van der Waals surface area contributed by atoms with Crippen LogP contribution in [0.1, 0.15) is 39.2 Å². The molecule has 24 heavy (non-hydrogen) atoms. The molecular weight excluding hydrogens is 322 g/mol. The molecule has 1 aliphatic rings. The molecule has 1 aromatic carbocycles. The predicted octanol–water partition coefficient (Wildman–Crippen LogP) is 3.69. The molecule has 1 heterocycles. The summed E-state index contributed by atoms with van der Waals surface area (Å²) in [6, 6.07) is 8.10. The van der Waals surface area contributed by atoms with E-state index in [-0.39, 0.29) is 5.41 Å². The Morgan fingerprint density at radius 1 is 1.29 bits per heavy atom. The van der Waals surface area contributed by atoms with Crippen molar-refractivity contribution in [3.05, 3.63) is 34.9 Å². The van der Waals surface area contributed by atoms with Crippen molar-refractivity contribution in [2.24, 2.45) is 4.99 Å². The van der Waals surface area contributed by atoms with E-state index in [9.17, 15) is 0 Å². The first-order valence-corrected chi connectivity index (χ1v) is 9.17. The van der Waals surface area contributed by atoms with Gasteiger partial charge in [0.05, 0.1) is 6.10 Å². The van der Waals surface area contributed by atoms with Crippen LogP contribution in [0.25, 0.3) is 0 Å². The summed E-state index contributed by atoms with van der Waals surface area (Å²) in [5, 5.41) is 4.32. The Labute approximate surface area is 151 Å². The van der Waals surface area contributed by atoms with E-state index in [0.29, 0.717) is 6.10 Å². The number of aliphatic imine (C=N–C) groups is 1. The topological polar surface area (TPSA) is 36.9 Å². The summed E-state index contributed by atoms with van der Waals surface area (Å²) in [5.41, 5.74) is 1.27. The molecule has 4 nitrogen and oxygen atoms in total. The normalized spacial score (nSPS) is 17.2. The number of nitrogens with zero attached hydrogens (tertiary/aromatic N) is 2. The molecule has 0 aromatic heterocycles. The van der Waals surface area contributed by atoms with Crippen LogP contribution in [0.3, 0.4) is 0 Å². The number of hydrogen-bond acceptors (Lipinski definition) is 2. The molecule has 0 amide bonds. The third-order valence-electron chi connectivity index (χ3n) is 4.67. The van der Waals surface area contributed by atoms with Crippen LogP contribution in [0.5, 0.6) is 0 Å². The SMILES string of the molecule is CCOC1CCN(C(=NC)NCC(C)(C)c2ccc(Cl)cc2)CC1. The van der Waals surface area contributed by atoms with Crippen molar-refractivity contribution in [2.75, 3.05) is 33.3 Å². The predicted molar refractivity (Wildman–Crippen MR) is 102 cm³/mol. The lowest BCUT2D eigenvalue weighted by Crippen LogP contribution is -2.49. The quantitative estimate of drug-likeness (QED) is 0.649. The molecule has 134 valence electrons. The molecule has 0 radical (unpaired) electrons. The van der Waals surface area contributed by atoms with Crippen LogP contribution in [0.4, 0.5) is 0 Å². The third-order valence-corrected chi connectivity index (χ3v) is 4.92. The van der Waals surface area contributed by atoms with E-state index in [1.165, 1.54) is 5.56 Å². The molecule has 1 saturated heterocycles. The lowest BCUT2D eigenvalue weighted by molar-refractivity contribution is 0.0263. The number of benzene rings is 1. The van der Waals surface area contributed by atoms with Gasteiger partial charge in [-0.3, -0.25) is 4.99 Å². The largest absolute Gasteiger partial charge is 0.378 e. The highest BCUT2D eigenvalue weighted by Gasteiger charge is 2.25. The van der Waals surface area contributed by atoms with Gasteiger partial charge in [-0.15, -0.1) is 0 Å². The van der Waals surface area contributed by atoms with Crippen molar-refractivity contribution in [2.45, 2.75) is 45.1 Å².